The lowest BCUT2D eigenvalue weighted by Gasteiger charge is -2.28. The van der Waals surface area contributed by atoms with Crippen molar-refractivity contribution in [1.29, 1.82) is 0 Å². The second kappa shape index (κ2) is 3.20. The first kappa shape index (κ1) is 9.77. The lowest BCUT2D eigenvalue weighted by molar-refractivity contribution is -0.123. The normalized spacial score (nSPS) is 32.8. The van der Waals surface area contributed by atoms with Gasteiger partial charge in [-0.05, 0) is 18.6 Å². The third kappa shape index (κ3) is 1.71. The molecule has 13 heavy (non-hydrogen) atoms. The molecule has 0 bridgehead atoms. The van der Waals surface area contributed by atoms with Crippen LogP contribution in [-0.4, -0.2) is 11.6 Å². The number of hydrogen-bond donors (Lipinski definition) is 2. The number of carbonyl (C=O) groups excluding carboxylic acids is 1. The fourth-order valence-electron chi connectivity index (χ4n) is 1.44. The van der Waals surface area contributed by atoms with Crippen molar-refractivity contribution in [2.24, 2.45) is 17.4 Å². The summed E-state index contributed by atoms with van der Waals surface area (Å²) in [6.45, 7) is 1.65. The van der Waals surface area contributed by atoms with Crippen LogP contribution in [0.25, 0.3) is 0 Å². The molecule has 0 aliphatic heterocycles. The third-order valence-electron chi connectivity index (χ3n) is 2.25. The van der Waals surface area contributed by atoms with Crippen LogP contribution < -0.4 is 11.5 Å². The highest BCUT2D eigenvalue weighted by Gasteiger charge is 2.39. The van der Waals surface area contributed by atoms with Gasteiger partial charge in [-0.2, -0.15) is 0 Å². The zero-order chi connectivity index (χ0) is 10.1. The second-order valence-electron chi connectivity index (χ2n) is 3.16. The Morgan fingerprint density at radius 2 is 2.38 bits per heavy atom. The van der Waals surface area contributed by atoms with Gasteiger partial charge in [0.15, 0.2) is 0 Å². The minimum absolute atomic E-state index is 0.186. The molecule has 72 valence electrons. The average molecular weight is 184 g/mol. The van der Waals surface area contributed by atoms with Crippen LogP contribution in [-0.2, 0) is 4.79 Å². The molecule has 0 heterocycles. The number of allylic oxidation sites excluding steroid dienone is 2. The SMILES string of the molecule is CCC1(F)C=C(N)C=CC1C(N)=O. The fraction of sp³-hybridized carbons (Fsp3) is 0.444. The summed E-state index contributed by atoms with van der Waals surface area (Å²) >= 11 is 0. The summed E-state index contributed by atoms with van der Waals surface area (Å²) in [6.07, 6.45) is 4.36. The molecule has 0 fully saturated rings. The van der Waals surface area contributed by atoms with E-state index in [1.165, 1.54) is 18.2 Å². The molecule has 0 spiro atoms. The van der Waals surface area contributed by atoms with E-state index in [4.69, 9.17) is 11.5 Å². The average Bonchev–Trinajstić information content (AvgIpc) is 2.03. The fourth-order valence-corrected chi connectivity index (χ4v) is 1.44. The van der Waals surface area contributed by atoms with E-state index in [9.17, 15) is 9.18 Å². The first-order valence-corrected chi connectivity index (χ1v) is 4.14. The summed E-state index contributed by atoms with van der Waals surface area (Å²) in [5.41, 5.74) is 9.11. The van der Waals surface area contributed by atoms with Gasteiger partial charge in [-0.1, -0.05) is 13.0 Å². The molecule has 0 saturated heterocycles. The van der Waals surface area contributed by atoms with Gasteiger partial charge in [0.05, 0.1) is 5.92 Å². The van der Waals surface area contributed by atoms with Gasteiger partial charge in [0.25, 0.3) is 0 Å². The molecule has 0 aromatic carbocycles. The van der Waals surface area contributed by atoms with E-state index in [2.05, 4.69) is 0 Å². The van der Waals surface area contributed by atoms with Crippen molar-refractivity contribution in [1.82, 2.24) is 0 Å². The standard InChI is InChI=1S/C9H13FN2O/c1-2-9(10)5-6(11)3-4-7(9)8(12)13/h3-5,7H,2,11H2,1H3,(H2,12,13). The summed E-state index contributed by atoms with van der Waals surface area (Å²) in [4.78, 5) is 10.9. The van der Waals surface area contributed by atoms with Crippen molar-refractivity contribution < 1.29 is 9.18 Å². The molecule has 3 nitrogen and oxygen atoms in total. The molecule has 0 aromatic rings. The zero-order valence-electron chi connectivity index (χ0n) is 7.46. The predicted molar refractivity (Wildman–Crippen MR) is 48.2 cm³/mol. The van der Waals surface area contributed by atoms with Gasteiger partial charge in [0, 0.05) is 5.70 Å². The molecule has 2 atom stereocenters. The number of amides is 1. The van der Waals surface area contributed by atoms with E-state index >= 15 is 0 Å². The molecular weight excluding hydrogens is 171 g/mol. The Kier molecular flexibility index (Phi) is 2.40. The van der Waals surface area contributed by atoms with Crippen LogP contribution in [0.5, 0.6) is 0 Å². The van der Waals surface area contributed by atoms with Crippen LogP contribution in [0.1, 0.15) is 13.3 Å². The topological polar surface area (TPSA) is 69.1 Å². The van der Waals surface area contributed by atoms with Crippen molar-refractivity contribution in [2.75, 3.05) is 0 Å². The highest BCUT2D eigenvalue weighted by atomic mass is 19.1. The van der Waals surface area contributed by atoms with E-state index < -0.39 is 17.5 Å². The van der Waals surface area contributed by atoms with Crippen molar-refractivity contribution in [3.63, 3.8) is 0 Å². The summed E-state index contributed by atoms with van der Waals surface area (Å²) < 4.78 is 14.0. The van der Waals surface area contributed by atoms with Crippen molar-refractivity contribution in [3.8, 4) is 0 Å². The monoisotopic (exact) mass is 184 g/mol. The summed E-state index contributed by atoms with van der Waals surface area (Å²) in [5.74, 6) is -1.56. The van der Waals surface area contributed by atoms with E-state index in [1.54, 1.807) is 6.92 Å². The maximum atomic E-state index is 14.0. The summed E-state index contributed by atoms with van der Waals surface area (Å²) in [5, 5.41) is 0. The van der Waals surface area contributed by atoms with Gasteiger partial charge in [-0.3, -0.25) is 4.79 Å². The lowest BCUT2D eigenvalue weighted by atomic mass is 9.82. The molecule has 2 unspecified atom stereocenters. The number of rotatable bonds is 2. The highest BCUT2D eigenvalue weighted by Crippen LogP contribution is 2.32. The van der Waals surface area contributed by atoms with Gasteiger partial charge in [0.1, 0.15) is 5.67 Å². The lowest BCUT2D eigenvalue weighted by Crippen LogP contribution is -2.41. The van der Waals surface area contributed by atoms with Crippen LogP contribution in [0.4, 0.5) is 4.39 Å². The molecular formula is C9H13FN2O. The smallest absolute Gasteiger partial charge is 0.227 e. The van der Waals surface area contributed by atoms with Crippen molar-refractivity contribution >= 4 is 5.91 Å². The number of alkyl halides is 1. The predicted octanol–water partition coefficient (Wildman–Crippen LogP) is 0.619. The molecule has 4 heteroatoms. The molecule has 1 aliphatic carbocycles. The molecule has 1 amide bonds. The number of nitrogens with two attached hydrogens (primary N) is 2. The Bertz CT molecular complexity index is 285. The molecule has 1 rings (SSSR count). The molecule has 4 N–H and O–H groups in total. The number of halogens is 1. The van der Waals surface area contributed by atoms with Crippen molar-refractivity contribution in [3.05, 3.63) is 23.9 Å². The quantitative estimate of drug-likeness (QED) is 0.660. The Hall–Kier alpha value is -1.32. The Labute approximate surface area is 76.3 Å². The number of carbonyl (C=O) groups is 1. The third-order valence-corrected chi connectivity index (χ3v) is 2.25. The van der Waals surface area contributed by atoms with Gasteiger partial charge in [0.2, 0.25) is 5.91 Å². The van der Waals surface area contributed by atoms with Gasteiger partial charge >= 0.3 is 0 Å². The second-order valence-corrected chi connectivity index (χ2v) is 3.16. The highest BCUT2D eigenvalue weighted by molar-refractivity contribution is 5.81. The Balaban J connectivity index is 3.01. The van der Waals surface area contributed by atoms with E-state index in [1.807, 2.05) is 0 Å². The number of hydrogen-bond acceptors (Lipinski definition) is 2. The summed E-state index contributed by atoms with van der Waals surface area (Å²) in [6, 6.07) is 0. The van der Waals surface area contributed by atoms with E-state index in [0.29, 0.717) is 5.70 Å². The zero-order valence-corrected chi connectivity index (χ0v) is 7.46. The van der Waals surface area contributed by atoms with Crippen LogP contribution in [0.3, 0.4) is 0 Å². The largest absolute Gasteiger partial charge is 0.399 e. The van der Waals surface area contributed by atoms with Gasteiger partial charge < -0.3 is 11.5 Å². The van der Waals surface area contributed by atoms with E-state index in [0.717, 1.165) is 0 Å². The summed E-state index contributed by atoms with van der Waals surface area (Å²) in [7, 11) is 0. The first-order chi connectivity index (χ1) is 5.99. The number of primary amides is 1. The first-order valence-electron chi connectivity index (χ1n) is 4.14. The van der Waals surface area contributed by atoms with Crippen LogP contribution >= 0.6 is 0 Å². The van der Waals surface area contributed by atoms with Crippen LogP contribution in [0.15, 0.2) is 23.9 Å². The minimum atomic E-state index is -1.72. The maximum Gasteiger partial charge on any atom is 0.227 e. The maximum absolute atomic E-state index is 14.0. The van der Waals surface area contributed by atoms with Crippen molar-refractivity contribution in [2.45, 2.75) is 19.0 Å². The molecule has 0 saturated carbocycles. The Morgan fingerprint density at radius 1 is 1.77 bits per heavy atom. The molecule has 0 radical (unpaired) electrons. The van der Waals surface area contributed by atoms with Crippen LogP contribution in [0, 0.1) is 5.92 Å². The minimum Gasteiger partial charge on any atom is -0.399 e. The molecule has 1 aliphatic rings. The van der Waals surface area contributed by atoms with Gasteiger partial charge in [-0.25, -0.2) is 4.39 Å². The van der Waals surface area contributed by atoms with Gasteiger partial charge in [-0.15, -0.1) is 0 Å². The van der Waals surface area contributed by atoms with Crippen LogP contribution in [0.2, 0.25) is 0 Å². The Morgan fingerprint density at radius 3 is 2.85 bits per heavy atom. The van der Waals surface area contributed by atoms with E-state index in [-0.39, 0.29) is 6.42 Å². The molecule has 0 aromatic heterocycles.